The van der Waals surface area contributed by atoms with Gasteiger partial charge in [0.15, 0.2) is 0 Å². The first-order valence-corrected chi connectivity index (χ1v) is 8.17. The fourth-order valence-electron chi connectivity index (χ4n) is 3.26. The molecule has 2 unspecified atom stereocenters. The van der Waals surface area contributed by atoms with E-state index in [9.17, 15) is 9.59 Å². The molecule has 1 heterocycles. The third kappa shape index (κ3) is 2.54. The lowest BCUT2D eigenvalue weighted by Gasteiger charge is -2.38. The van der Waals surface area contributed by atoms with Crippen LogP contribution < -0.4 is 5.06 Å². The van der Waals surface area contributed by atoms with Gasteiger partial charge in [-0.1, -0.05) is 15.9 Å². The van der Waals surface area contributed by atoms with E-state index in [0.717, 1.165) is 15.7 Å². The van der Waals surface area contributed by atoms with Crippen LogP contribution in [0, 0.1) is 5.92 Å². The number of hydroxylamine groups is 1. The number of anilines is 1. The zero-order chi connectivity index (χ0) is 16.1. The molecule has 1 aromatic carbocycles. The number of hydrogen-bond acceptors (Lipinski definition) is 3. The van der Waals surface area contributed by atoms with E-state index in [2.05, 4.69) is 15.9 Å². The summed E-state index contributed by atoms with van der Waals surface area (Å²) in [5.74, 6) is 1.57. The van der Waals surface area contributed by atoms with Crippen LogP contribution in [0.5, 0.6) is 0 Å². The first-order chi connectivity index (χ1) is 10.3. The molecule has 0 bridgehead atoms. The zero-order valence-electron chi connectivity index (χ0n) is 12.9. The monoisotopic (exact) mass is 363 g/mol. The predicted octanol–water partition coefficient (Wildman–Crippen LogP) is 3.78. The van der Waals surface area contributed by atoms with E-state index in [1.165, 1.54) is 5.06 Å². The number of nitrogens with zero attached hydrogens (tertiary/aromatic N) is 1. The molecular weight excluding hydrogens is 346 g/mol. The number of fused-ring (bicyclic) bond motifs is 3. The van der Waals surface area contributed by atoms with Crippen molar-refractivity contribution in [3.8, 4) is 0 Å². The molecule has 0 saturated heterocycles. The van der Waals surface area contributed by atoms with Crippen molar-refractivity contribution in [2.24, 2.45) is 5.92 Å². The maximum Gasteiger partial charge on any atom is 0.255 e. The van der Waals surface area contributed by atoms with Gasteiger partial charge in [0.25, 0.3) is 5.91 Å². The Morgan fingerprint density at radius 1 is 1.36 bits per heavy atom. The molecular formula is C17H18BrNO3. The molecule has 1 fully saturated rings. The highest BCUT2D eigenvalue weighted by Gasteiger charge is 2.47. The summed E-state index contributed by atoms with van der Waals surface area (Å²) in [6.07, 6.45) is 1.30. The standard InChI is InChI=1S/C17H18BrNO3/c1-17(2,3)22-19-14-7-5-11(18)8-13(14)15-10(9-20)4-6-12(15)16(19)21/h5,7-8,12,15H,4,6H2,1-3H3. The van der Waals surface area contributed by atoms with Crippen molar-refractivity contribution in [3.05, 3.63) is 33.8 Å². The number of carbonyl (C=O) groups excluding carboxylic acids is 2. The Morgan fingerprint density at radius 3 is 2.73 bits per heavy atom. The van der Waals surface area contributed by atoms with Gasteiger partial charge in [0.2, 0.25) is 0 Å². The molecule has 1 saturated carbocycles. The summed E-state index contributed by atoms with van der Waals surface area (Å²) >= 11 is 3.47. The molecule has 1 aliphatic heterocycles. The third-order valence-electron chi connectivity index (χ3n) is 4.06. The molecule has 0 aromatic heterocycles. The summed E-state index contributed by atoms with van der Waals surface area (Å²) < 4.78 is 0.923. The Bertz CT molecular complexity index is 686. The minimum absolute atomic E-state index is 0.0694. The fourth-order valence-corrected chi connectivity index (χ4v) is 3.64. The second-order valence-corrected chi connectivity index (χ2v) is 7.71. The lowest BCUT2D eigenvalue weighted by atomic mass is 9.82. The average molecular weight is 364 g/mol. The van der Waals surface area contributed by atoms with Crippen molar-refractivity contribution >= 4 is 33.5 Å². The fraction of sp³-hybridized carbons (Fsp3) is 0.471. The van der Waals surface area contributed by atoms with Crippen LogP contribution >= 0.6 is 15.9 Å². The topological polar surface area (TPSA) is 46.6 Å². The zero-order valence-corrected chi connectivity index (χ0v) is 14.4. The molecule has 116 valence electrons. The van der Waals surface area contributed by atoms with Crippen molar-refractivity contribution in [1.82, 2.24) is 0 Å². The predicted molar refractivity (Wildman–Crippen MR) is 87.1 cm³/mol. The lowest BCUT2D eigenvalue weighted by molar-refractivity contribution is -0.137. The molecule has 22 heavy (non-hydrogen) atoms. The highest BCUT2D eigenvalue weighted by Crippen LogP contribution is 2.51. The van der Waals surface area contributed by atoms with Crippen LogP contribution in [0.25, 0.3) is 0 Å². The van der Waals surface area contributed by atoms with Crippen LogP contribution in [-0.4, -0.2) is 17.4 Å². The van der Waals surface area contributed by atoms with Gasteiger partial charge >= 0.3 is 0 Å². The van der Waals surface area contributed by atoms with Crippen molar-refractivity contribution in [3.63, 3.8) is 0 Å². The summed E-state index contributed by atoms with van der Waals surface area (Å²) in [5.41, 5.74) is 1.89. The number of hydrogen-bond donors (Lipinski definition) is 0. The van der Waals surface area contributed by atoms with Gasteiger partial charge in [-0.05, 0) is 57.4 Å². The highest BCUT2D eigenvalue weighted by atomic mass is 79.9. The van der Waals surface area contributed by atoms with Crippen LogP contribution in [0.4, 0.5) is 5.69 Å². The molecule has 1 amide bonds. The number of amides is 1. The molecule has 1 aliphatic carbocycles. The molecule has 2 aliphatic rings. The first-order valence-electron chi connectivity index (χ1n) is 7.38. The van der Waals surface area contributed by atoms with Crippen molar-refractivity contribution in [2.45, 2.75) is 45.1 Å². The molecule has 0 N–H and O–H groups in total. The summed E-state index contributed by atoms with van der Waals surface area (Å²) in [5, 5.41) is 1.41. The Labute approximate surface area is 138 Å². The molecule has 0 spiro atoms. The number of rotatable bonds is 1. The van der Waals surface area contributed by atoms with E-state index in [0.29, 0.717) is 18.4 Å². The number of carbonyl (C=O) groups is 1. The van der Waals surface area contributed by atoms with Gasteiger partial charge in [-0.25, -0.2) is 4.79 Å². The molecule has 2 atom stereocenters. The molecule has 0 radical (unpaired) electrons. The number of halogens is 1. The van der Waals surface area contributed by atoms with E-state index >= 15 is 0 Å². The van der Waals surface area contributed by atoms with Gasteiger partial charge in [0.1, 0.15) is 5.94 Å². The second-order valence-electron chi connectivity index (χ2n) is 6.79. The lowest BCUT2D eigenvalue weighted by Crippen LogP contribution is -2.45. The van der Waals surface area contributed by atoms with E-state index in [1.54, 1.807) is 0 Å². The average Bonchev–Trinajstić information content (AvgIpc) is 2.86. The van der Waals surface area contributed by atoms with Crippen molar-refractivity contribution < 1.29 is 14.4 Å². The van der Waals surface area contributed by atoms with Crippen LogP contribution in [0.1, 0.15) is 45.1 Å². The normalized spacial score (nSPS) is 24.1. The minimum Gasteiger partial charge on any atom is -0.272 e. The third-order valence-corrected chi connectivity index (χ3v) is 4.55. The quantitative estimate of drug-likeness (QED) is 0.713. The van der Waals surface area contributed by atoms with Gasteiger partial charge in [-0.15, -0.1) is 0 Å². The maximum atomic E-state index is 12.8. The summed E-state index contributed by atoms with van der Waals surface area (Å²) in [7, 11) is 0. The number of allylic oxidation sites excluding steroid dienone is 1. The molecule has 1 aromatic rings. The Morgan fingerprint density at radius 2 is 2.09 bits per heavy atom. The Hall–Kier alpha value is -1.42. The minimum atomic E-state index is -0.477. The SMILES string of the molecule is CC(C)(C)ON1C(=O)C2CCC(=C=O)C2c2cc(Br)ccc21. The first kappa shape index (κ1) is 15.5. The molecule has 5 heteroatoms. The Kier molecular flexibility index (Phi) is 3.76. The van der Waals surface area contributed by atoms with E-state index in [4.69, 9.17) is 4.84 Å². The summed E-state index contributed by atoms with van der Waals surface area (Å²) in [6, 6.07) is 5.71. The van der Waals surface area contributed by atoms with Gasteiger partial charge in [0.05, 0.1) is 17.2 Å². The van der Waals surface area contributed by atoms with Crippen LogP contribution in [0.3, 0.4) is 0 Å². The summed E-state index contributed by atoms with van der Waals surface area (Å²) in [4.78, 5) is 30.0. The van der Waals surface area contributed by atoms with Crippen LogP contribution in [0.15, 0.2) is 28.2 Å². The van der Waals surface area contributed by atoms with Gasteiger partial charge in [-0.3, -0.25) is 9.63 Å². The highest BCUT2D eigenvalue weighted by molar-refractivity contribution is 9.10. The van der Waals surface area contributed by atoms with Crippen molar-refractivity contribution in [1.29, 1.82) is 0 Å². The van der Waals surface area contributed by atoms with Crippen LogP contribution in [0.2, 0.25) is 0 Å². The summed E-state index contributed by atoms with van der Waals surface area (Å²) in [6.45, 7) is 5.74. The van der Waals surface area contributed by atoms with Gasteiger partial charge in [-0.2, -0.15) is 5.06 Å². The van der Waals surface area contributed by atoms with E-state index < -0.39 is 5.60 Å². The Balaban J connectivity index is 2.15. The van der Waals surface area contributed by atoms with Gasteiger partial charge in [0, 0.05) is 16.0 Å². The molecule has 3 rings (SSSR count). The largest absolute Gasteiger partial charge is 0.272 e. The van der Waals surface area contributed by atoms with Crippen LogP contribution in [-0.2, 0) is 14.4 Å². The smallest absolute Gasteiger partial charge is 0.255 e. The maximum absolute atomic E-state index is 12.8. The second kappa shape index (κ2) is 5.34. The van der Waals surface area contributed by atoms with Gasteiger partial charge < -0.3 is 0 Å². The van der Waals surface area contributed by atoms with Crippen molar-refractivity contribution in [2.75, 3.05) is 5.06 Å². The number of benzene rings is 1. The molecule has 4 nitrogen and oxygen atoms in total. The van der Waals surface area contributed by atoms with E-state index in [-0.39, 0.29) is 17.7 Å². The van der Waals surface area contributed by atoms with E-state index in [1.807, 2.05) is 44.9 Å².